The Bertz CT molecular complexity index is 849. The lowest BCUT2D eigenvalue weighted by atomic mass is 10.2. The Hall–Kier alpha value is -2.02. The van der Waals surface area contributed by atoms with E-state index in [-0.39, 0.29) is 11.7 Å². The summed E-state index contributed by atoms with van der Waals surface area (Å²) in [6.07, 6.45) is 1.59. The number of ether oxygens (including phenoxy) is 1. The number of nitrogens with zero attached hydrogens (tertiary/aromatic N) is 1. The van der Waals surface area contributed by atoms with Crippen LogP contribution in [-0.2, 0) is 4.79 Å². The van der Waals surface area contributed by atoms with Gasteiger partial charge < -0.3 is 9.84 Å². The number of hydrogen-bond donors (Lipinski definition) is 1. The minimum absolute atomic E-state index is 0.0501. The number of thiocarbonyl (C=S) groups is 1. The van der Waals surface area contributed by atoms with E-state index >= 15 is 0 Å². The number of anilines is 1. The normalized spacial score (nSPS) is 16.1. The van der Waals surface area contributed by atoms with Crippen LogP contribution in [0.2, 0.25) is 5.02 Å². The Morgan fingerprint density at radius 2 is 1.96 bits per heavy atom. The summed E-state index contributed by atoms with van der Waals surface area (Å²) in [5.74, 6) is 0.507. The molecule has 1 amide bonds. The van der Waals surface area contributed by atoms with Gasteiger partial charge in [0.1, 0.15) is 11.5 Å². The van der Waals surface area contributed by atoms with Gasteiger partial charge in [0.25, 0.3) is 5.91 Å². The highest BCUT2D eigenvalue weighted by Crippen LogP contribution is 2.37. The van der Waals surface area contributed by atoms with Crippen LogP contribution in [-0.4, -0.2) is 22.4 Å². The number of rotatable bonds is 3. The summed E-state index contributed by atoms with van der Waals surface area (Å²) in [5.41, 5.74) is 1.13. The molecule has 2 aromatic rings. The molecular weight excluding hydrogens is 366 g/mol. The maximum atomic E-state index is 12.7. The molecule has 0 radical (unpaired) electrons. The van der Waals surface area contributed by atoms with Crippen LogP contribution < -0.4 is 9.64 Å². The van der Waals surface area contributed by atoms with Gasteiger partial charge in [-0.25, -0.2) is 0 Å². The highest BCUT2D eigenvalue weighted by molar-refractivity contribution is 8.27. The summed E-state index contributed by atoms with van der Waals surface area (Å²) in [7, 11) is 1.58. The van der Waals surface area contributed by atoms with Crippen molar-refractivity contribution in [2.45, 2.75) is 0 Å². The van der Waals surface area contributed by atoms with Gasteiger partial charge in [-0.1, -0.05) is 35.6 Å². The molecule has 0 aliphatic carbocycles. The van der Waals surface area contributed by atoms with Crippen molar-refractivity contribution in [1.29, 1.82) is 0 Å². The highest BCUT2D eigenvalue weighted by atomic mass is 35.5. The number of thioether (sulfide) groups is 1. The van der Waals surface area contributed by atoms with E-state index in [4.69, 9.17) is 28.6 Å². The number of phenolic OH excluding ortho intramolecular Hbond substituents is 1. The Balaban J connectivity index is 1.93. The average Bonchev–Trinajstić information content (AvgIpc) is 2.85. The summed E-state index contributed by atoms with van der Waals surface area (Å²) in [6.45, 7) is 0. The molecule has 3 rings (SSSR count). The van der Waals surface area contributed by atoms with E-state index in [0.717, 1.165) is 0 Å². The first-order valence-corrected chi connectivity index (χ1v) is 8.50. The van der Waals surface area contributed by atoms with Gasteiger partial charge in [0.05, 0.1) is 17.7 Å². The third kappa shape index (κ3) is 3.26. The first-order chi connectivity index (χ1) is 11.5. The molecule has 0 bridgehead atoms. The van der Waals surface area contributed by atoms with Gasteiger partial charge in [-0.2, -0.15) is 0 Å². The van der Waals surface area contributed by atoms with E-state index < -0.39 is 0 Å². The second-order valence-corrected chi connectivity index (χ2v) is 7.03. The quantitative estimate of drug-likeness (QED) is 0.632. The van der Waals surface area contributed by atoms with Gasteiger partial charge in [-0.3, -0.25) is 9.69 Å². The van der Waals surface area contributed by atoms with Crippen LogP contribution in [0.25, 0.3) is 6.08 Å². The van der Waals surface area contributed by atoms with Gasteiger partial charge in [-0.05, 0) is 48.5 Å². The number of carbonyl (C=O) groups is 1. The fourth-order valence-electron chi connectivity index (χ4n) is 2.20. The minimum atomic E-state index is -0.241. The Morgan fingerprint density at radius 1 is 1.25 bits per heavy atom. The zero-order valence-electron chi connectivity index (χ0n) is 12.5. The van der Waals surface area contributed by atoms with E-state index in [1.807, 2.05) is 0 Å². The number of halogens is 1. The molecule has 1 aliphatic heterocycles. The molecule has 1 fully saturated rings. The van der Waals surface area contributed by atoms with Gasteiger partial charge >= 0.3 is 0 Å². The summed E-state index contributed by atoms with van der Waals surface area (Å²) in [6, 6.07) is 11.7. The molecule has 2 aromatic carbocycles. The van der Waals surface area contributed by atoms with Crippen molar-refractivity contribution >= 4 is 57.6 Å². The lowest BCUT2D eigenvalue weighted by Gasteiger charge is -2.14. The van der Waals surface area contributed by atoms with Crippen LogP contribution in [0.5, 0.6) is 11.5 Å². The molecule has 1 heterocycles. The minimum Gasteiger partial charge on any atom is -0.507 e. The predicted molar refractivity (Wildman–Crippen MR) is 102 cm³/mol. The lowest BCUT2D eigenvalue weighted by molar-refractivity contribution is -0.113. The monoisotopic (exact) mass is 377 g/mol. The molecule has 0 aromatic heterocycles. The molecule has 0 unspecified atom stereocenters. The van der Waals surface area contributed by atoms with Crippen molar-refractivity contribution < 1.29 is 14.6 Å². The number of phenols is 1. The maximum Gasteiger partial charge on any atom is 0.270 e. The topological polar surface area (TPSA) is 49.8 Å². The van der Waals surface area contributed by atoms with Crippen molar-refractivity contribution in [3.63, 3.8) is 0 Å². The Labute approximate surface area is 153 Å². The van der Waals surface area contributed by atoms with E-state index in [1.165, 1.54) is 22.7 Å². The third-order valence-corrected chi connectivity index (χ3v) is 4.94. The van der Waals surface area contributed by atoms with Crippen LogP contribution in [0.3, 0.4) is 0 Å². The second-order valence-electron chi connectivity index (χ2n) is 4.92. The number of hydrogen-bond acceptors (Lipinski definition) is 5. The standard InChI is InChI=1S/C17H12ClNO3S2/c1-22-13-5-3-12(4-6-13)19-16(21)15(24-17(19)23)9-10-8-11(18)2-7-14(10)20/h2-9,20H,1H3/b15-9-. The van der Waals surface area contributed by atoms with E-state index in [1.54, 1.807) is 49.6 Å². The van der Waals surface area contributed by atoms with Crippen molar-refractivity contribution in [1.82, 2.24) is 0 Å². The smallest absolute Gasteiger partial charge is 0.270 e. The van der Waals surface area contributed by atoms with Gasteiger partial charge in [0.2, 0.25) is 0 Å². The average molecular weight is 378 g/mol. The molecule has 0 atom stereocenters. The van der Waals surface area contributed by atoms with Crippen molar-refractivity contribution in [2.75, 3.05) is 12.0 Å². The molecule has 7 heteroatoms. The number of carbonyl (C=O) groups excluding carboxylic acids is 1. The highest BCUT2D eigenvalue weighted by Gasteiger charge is 2.33. The van der Waals surface area contributed by atoms with E-state index in [0.29, 0.717) is 31.2 Å². The molecule has 122 valence electrons. The van der Waals surface area contributed by atoms with Crippen molar-refractivity contribution in [3.8, 4) is 11.5 Å². The lowest BCUT2D eigenvalue weighted by Crippen LogP contribution is -2.27. The molecule has 0 saturated carbocycles. The molecule has 1 aliphatic rings. The molecule has 24 heavy (non-hydrogen) atoms. The van der Waals surface area contributed by atoms with Gasteiger partial charge in [0.15, 0.2) is 4.32 Å². The largest absolute Gasteiger partial charge is 0.507 e. The molecule has 1 saturated heterocycles. The zero-order chi connectivity index (χ0) is 17.3. The van der Waals surface area contributed by atoms with E-state index in [9.17, 15) is 9.90 Å². The van der Waals surface area contributed by atoms with Crippen LogP contribution in [0, 0.1) is 0 Å². The van der Waals surface area contributed by atoms with Crippen LogP contribution in [0.1, 0.15) is 5.56 Å². The molecular formula is C17H12ClNO3S2. The fraction of sp³-hybridized carbons (Fsp3) is 0.0588. The second kappa shape index (κ2) is 6.84. The summed E-state index contributed by atoms with van der Waals surface area (Å²) in [4.78, 5) is 14.6. The zero-order valence-corrected chi connectivity index (χ0v) is 14.9. The summed E-state index contributed by atoms with van der Waals surface area (Å²) < 4.78 is 5.55. The van der Waals surface area contributed by atoms with Crippen LogP contribution in [0.4, 0.5) is 5.69 Å². The first kappa shape index (κ1) is 16.8. The van der Waals surface area contributed by atoms with Crippen molar-refractivity contribution in [2.24, 2.45) is 0 Å². The number of benzene rings is 2. The number of amides is 1. The molecule has 0 spiro atoms. The molecule has 1 N–H and O–H groups in total. The van der Waals surface area contributed by atoms with Gasteiger partial charge in [-0.15, -0.1) is 0 Å². The Morgan fingerprint density at radius 3 is 2.62 bits per heavy atom. The van der Waals surface area contributed by atoms with Gasteiger partial charge in [0, 0.05) is 10.6 Å². The van der Waals surface area contributed by atoms with Crippen LogP contribution >= 0.6 is 35.6 Å². The van der Waals surface area contributed by atoms with Crippen molar-refractivity contribution in [3.05, 3.63) is 58.0 Å². The predicted octanol–water partition coefficient (Wildman–Crippen LogP) is 4.46. The summed E-state index contributed by atoms with van der Waals surface area (Å²) in [5, 5.41) is 10.4. The van der Waals surface area contributed by atoms with Crippen LogP contribution in [0.15, 0.2) is 47.4 Å². The summed E-state index contributed by atoms with van der Waals surface area (Å²) >= 11 is 12.4. The van der Waals surface area contributed by atoms with E-state index in [2.05, 4.69) is 0 Å². The number of aromatic hydroxyl groups is 1. The number of methoxy groups -OCH3 is 1. The third-order valence-electron chi connectivity index (χ3n) is 3.40. The Kier molecular flexibility index (Phi) is 4.80. The SMILES string of the molecule is COc1ccc(N2C(=O)/C(=C/c3cc(Cl)ccc3O)SC2=S)cc1. The maximum absolute atomic E-state index is 12.7. The first-order valence-electron chi connectivity index (χ1n) is 6.90. The fourth-order valence-corrected chi connectivity index (χ4v) is 3.67. The molecule has 4 nitrogen and oxygen atoms in total.